The number of ether oxygens (including phenoxy) is 1. The molecule has 0 aliphatic heterocycles. The Balaban J connectivity index is 2.15. The maximum absolute atomic E-state index is 11.1. The first kappa shape index (κ1) is 11.0. The summed E-state index contributed by atoms with van der Waals surface area (Å²) in [6, 6.07) is 0. The van der Waals surface area contributed by atoms with Gasteiger partial charge in [0, 0.05) is 6.42 Å². The molecular weight excluding hydrogens is 176 g/mol. The number of esters is 1. The SMILES string of the molecule is C=CCOC(=O)CCC1=CCCCC1. The molecule has 0 aromatic heterocycles. The molecule has 1 aliphatic carbocycles. The van der Waals surface area contributed by atoms with E-state index in [1.807, 2.05) is 0 Å². The van der Waals surface area contributed by atoms with Crippen LogP contribution in [0.3, 0.4) is 0 Å². The Labute approximate surface area is 85.6 Å². The van der Waals surface area contributed by atoms with E-state index in [0.29, 0.717) is 13.0 Å². The molecule has 0 amide bonds. The molecule has 1 rings (SSSR count). The van der Waals surface area contributed by atoms with Crippen molar-refractivity contribution in [2.24, 2.45) is 0 Å². The van der Waals surface area contributed by atoms with Gasteiger partial charge < -0.3 is 4.74 Å². The van der Waals surface area contributed by atoms with Gasteiger partial charge in [-0.05, 0) is 32.1 Å². The predicted octanol–water partition coefficient (Wildman–Crippen LogP) is 3.00. The molecule has 0 spiro atoms. The second kappa shape index (κ2) is 6.41. The average molecular weight is 194 g/mol. The summed E-state index contributed by atoms with van der Waals surface area (Å²) >= 11 is 0. The third-order valence-electron chi connectivity index (χ3n) is 2.40. The number of rotatable bonds is 5. The maximum Gasteiger partial charge on any atom is 0.306 e. The zero-order valence-electron chi connectivity index (χ0n) is 8.63. The van der Waals surface area contributed by atoms with Crippen LogP contribution in [0.15, 0.2) is 24.3 Å². The van der Waals surface area contributed by atoms with Gasteiger partial charge in [-0.1, -0.05) is 24.3 Å². The Hall–Kier alpha value is -1.05. The van der Waals surface area contributed by atoms with Crippen LogP contribution >= 0.6 is 0 Å². The fraction of sp³-hybridized carbons (Fsp3) is 0.583. The van der Waals surface area contributed by atoms with E-state index in [0.717, 1.165) is 12.8 Å². The molecular formula is C12H18O2. The Morgan fingerprint density at radius 2 is 2.43 bits per heavy atom. The van der Waals surface area contributed by atoms with Crippen molar-refractivity contribution in [2.75, 3.05) is 6.61 Å². The quantitative estimate of drug-likeness (QED) is 0.496. The number of hydrogen-bond acceptors (Lipinski definition) is 2. The summed E-state index contributed by atoms with van der Waals surface area (Å²) in [5.41, 5.74) is 1.42. The van der Waals surface area contributed by atoms with Gasteiger partial charge in [-0.15, -0.1) is 0 Å². The molecule has 0 unspecified atom stereocenters. The first-order valence-electron chi connectivity index (χ1n) is 5.27. The van der Waals surface area contributed by atoms with Crippen molar-refractivity contribution in [3.8, 4) is 0 Å². The Kier molecular flexibility index (Phi) is 5.05. The second-order valence-electron chi connectivity index (χ2n) is 3.58. The van der Waals surface area contributed by atoms with Gasteiger partial charge in [0.15, 0.2) is 0 Å². The van der Waals surface area contributed by atoms with Crippen LogP contribution in [0.5, 0.6) is 0 Å². The van der Waals surface area contributed by atoms with Gasteiger partial charge in [0.25, 0.3) is 0 Å². The highest BCUT2D eigenvalue weighted by Gasteiger charge is 2.07. The van der Waals surface area contributed by atoms with E-state index in [2.05, 4.69) is 12.7 Å². The standard InChI is InChI=1S/C12H18O2/c1-2-10-14-12(13)9-8-11-6-4-3-5-7-11/h2,6H,1,3-5,7-10H2. The minimum Gasteiger partial charge on any atom is -0.461 e. The van der Waals surface area contributed by atoms with Crippen LogP contribution in [0.25, 0.3) is 0 Å². The smallest absolute Gasteiger partial charge is 0.306 e. The summed E-state index contributed by atoms with van der Waals surface area (Å²) in [7, 11) is 0. The molecule has 0 saturated carbocycles. The molecule has 0 radical (unpaired) electrons. The lowest BCUT2D eigenvalue weighted by Gasteiger charge is -2.11. The molecule has 0 aromatic carbocycles. The minimum absolute atomic E-state index is 0.114. The Morgan fingerprint density at radius 3 is 3.07 bits per heavy atom. The van der Waals surface area contributed by atoms with E-state index in [9.17, 15) is 4.79 Å². The van der Waals surface area contributed by atoms with Crippen LogP contribution in [0.4, 0.5) is 0 Å². The van der Waals surface area contributed by atoms with Gasteiger partial charge in [-0.2, -0.15) is 0 Å². The number of carbonyl (C=O) groups excluding carboxylic acids is 1. The first-order chi connectivity index (χ1) is 6.83. The normalized spacial score (nSPS) is 15.9. The summed E-state index contributed by atoms with van der Waals surface area (Å²) in [5, 5.41) is 0. The lowest BCUT2D eigenvalue weighted by atomic mass is 9.96. The molecule has 78 valence electrons. The lowest BCUT2D eigenvalue weighted by Crippen LogP contribution is -2.05. The largest absolute Gasteiger partial charge is 0.461 e. The summed E-state index contributed by atoms with van der Waals surface area (Å²) in [6.45, 7) is 3.83. The fourth-order valence-corrected chi connectivity index (χ4v) is 1.62. The average Bonchev–Trinajstić information content (AvgIpc) is 2.25. The third-order valence-corrected chi connectivity index (χ3v) is 2.40. The zero-order valence-corrected chi connectivity index (χ0v) is 8.63. The van der Waals surface area contributed by atoms with Gasteiger partial charge in [0.05, 0.1) is 0 Å². The summed E-state index contributed by atoms with van der Waals surface area (Å²) in [6.07, 6.45) is 10.2. The summed E-state index contributed by atoms with van der Waals surface area (Å²) in [5.74, 6) is -0.114. The van der Waals surface area contributed by atoms with Crippen LogP contribution in [-0.2, 0) is 9.53 Å². The topological polar surface area (TPSA) is 26.3 Å². The van der Waals surface area contributed by atoms with Gasteiger partial charge in [-0.3, -0.25) is 4.79 Å². The fourth-order valence-electron chi connectivity index (χ4n) is 1.62. The molecule has 0 bridgehead atoms. The molecule has 0 saturated heterocycles. The van der Waals surface area contributed by atoms with E-state index in [4.69, 9.17) is 4.74 Å². The van der Waals surface area contributed by atoms with Crippen molar-refractivity contribution < 1.29 is 9.53 Å². The molecule has 14 heavy (non-hydrogen) atoms. The number of allylic oxidation sites excluding steroid dienone is 2. The number of carbonyl (C=O) groups is 1. The van der Waals surface area contributed by atoms with Gasteiger partial charge in [0.2, 0.25) is 0 Å². The van der Waals surface area contributed by atoms with Crippen molar-refractivity contribution in [3.63, 3.8) is 0 Å². The van der Waals surface area contributed by atoms with Crippen LogP contribution in [0, 0.1) is 0 Å². The summed E-state index contributed by atoms with van der Waals surface area (Å²) < 4.78 is 4.90. The zero-order chi connectivity index (χ0) is 10.2. The highest BCUT2D eigenvalue weighted by Crippen LogP contribution is 2.21. The molecule has 2 heteroatoms. The van der Waals surface area contributed by atoms with Crippen LogP contribution < -0.4 is 0 Å². The van der Waals surface area contributed by atoms with Crippen molar-refractivity contribution in [1.29, 1.82) is 0 Å². The number of hydrogen-bond donors (Lipinski definition) is 0. The highest BCUT2D eigenvalue weighted by atomic mass is 16.5. The van der Waals surface area contributed by atoms with E-state index < -0.39 is 0 Å². The van der Waals surface area contributed by atoms with E-state index in [1.54, 1.807) is 6.08 Å². The maximum atomic E-state index is 11.1. The molecule has 0 atom stereocenters. The molecule has 0 aromatic rings. The second-order valence-corrected chi connectivity index (χ2v) is 3.58. The van der Waals surface area contributed by atoms with Crippen LogP contribution in [-0.4, -0.2) is 12.6 Å². The Morgan fingerprint density at radius 1 is 1.57 bits per heavy atom. The van der Waals surface area contributed by atoms with Crippen LogP contribution in [0.2, 0.25) is 0 Å². The van der Waals surface area contributed by atoms with E-state index >= 15 is 0 Å². The monoisotopic (exact) mass is 194 g/mol. The van der Waals surface area contributed by atoms with Gasteiger partial charge in [0.1, 0.15) is 6.61 Å². The summed E-state index contributed by atoms with van der Waals surface area (Å²) in [4.78, 5) is 11.1. The molecule has 0 N–H and O–H groups in total. The van der Waals surface area contributed by atoms with Crippen molar-refractivity contribution in [3.05, 3.63) is 24.3 Å². The van der Waals surface area contributed by atoms with Gasteiger partial charge in [-0.25, -0.2) is 0 Å². The molecule has 2 nitrogen and oxygen atoms in total. The lowest BCUT2D eigenvalue weighted by molar-refractivity contribution is -0.142. The molecule has 1 aliphatic rings. The molecule has 0 fully saturated rings. The van der Waals surface area contributed by atoms with Crippen molar-refractivity contribution in [1.82, 2.24) is 0 Å². The Bertz CT molecular complexity index is 228. The van der Waals surface area contributed by atoms with Crippen LogP contribution in [0.1, 0.15) is 38.5 Å². The van der Waals surface area contributed by atoms with E-state index in [-0.39, 0.29) is 5.97 Å². The van der Waals surface area contributed by atoms with Crippen molar-refractivity contribution in [2.45, 2.75) is 38.5 Å². The predicted molar refractivity (Wildman–Crippen MR) is 56.9 cm³/mol. The highest BCUT2D eigenvalue weighted by molar-refractivity contribution is 5.69. The van der Waals surface area contributed by atoms with Crippen molar-refractivity contribution >= 4 is 5.97 Å². The van der Waals surface area contributed by atoms with E-state index in [1.165, 1.54) is 24.8 Å². The molecule has 0 heterocycles. The third kappa shape index (κ3) is 4.26. The van der Waals surface area contributed by atoms with Gasteiger partial charge >= 0.3 is 5.97 Å². The first-order valence-corrected chi connectivity index (χ1v) is 5.27. The minimum atomic E-state index is -0.114.